The summed E-state index contributed by atoms with van der Waals surface area (Å²) in [5, 5.41) is 0. The number of benzene rings is 5. The Kier molecular flexibility index (Phi) is 10.0. The van der Waals surface area contributed by atoms with Crippen LogP contribution in [-0.4, -0.2) is 28.4 Å². The fourth-order valence-electron chi connectivity index (χ4n) is 5.69. The number of aryl methyl sites for hydroxylation is 4. The van der Waals surface area contributed by atoms with E-state index in [1.54, 1.807) is 28.4 Å². The highest BCUT2D eigenvalue weighted by Crippen LogP contribution is 2.30. The third-order valence-electron chi connectivity index (χ3n) is 8.46. The summed E-state index contributed by atoms with van der Waals surface area (Å²) in [6.07, 6.45) is 3.07. The van der Waals surface area contributed by atoms with E-state index in [1.807, 2.05) is 72.8 Å². The van der Waals surface area contributed by atoms with Crippen LogP contribution in [0.5, 0.6) is 23.0 Å². The summed E-state index contributed by atoms with van der Waals surface area (Å²) in [7, 11) is 6.74. The summed E-state index contributed by atoms with van der Waals surface area (Å²) in [6.45, 7) is 0. The maximum atomic E-state index is 5.90. The lowest BCUT2D eigenvalue weighted by atomic mass is 9.88. The summed E-state index contributed by atoms with van der Waals surface area (Å²) < 4.78 is 21.9. The molecule has 0 radical (unpaired) electrons. The molecule has 0 aliphatic heterocycles. The van der Waals surface area contributed by atoms with E-state index >= 15 is 0 Å². The van der Waals surface area contributed by atoms with Gasteiger partial charge in [0.05, 0.1) is 28.4 Å². The molecule has 0 saturated carbocycles. The quantitative estimate of drug-likeness (QED) is 0.190. The van der Waals surface area contributed by atoms with Crippen molar-refractivity contribution in [1.82, 2.24) is 0 Å². The predicted molar refractivity (Wildman–Crippen MR) is 191 cm³/mol. The molecule has 4 nitrogen and oxygen atoms in total. The fourth-order valence-corrected chi connectivity index (χ4v) is 5.69. The van der Waals surface area contributed by atoms with Crippen molar-refractivity contribution in [2.75, 3.05) is 28.4 Å². The Morgan fingerprint density at radius 2 is 0.667 bits per heavy atom. The maximum absolute atomic E-state index is 5.90. The lowest BCUT2D eigenvalue weighted by Crippen LogP contribution is -2.06. The molecule has 4 heteroatoms. The van der Waals surface area contributed by atoms with Crippen molar-refractivity contribution in [1.29, 1.82) is 0 Å². The number of hydrogen-bond donors (Lipinski definition) is 0. The Balaban J connectivity index is 1.41. The van der Waals surface area contributed by atoms with Crippen molar-refractivity contribution in [2.45, 2.75) is 25.7 Å². The van der Waals surface area contributed by atoms with Crippen molar-refractivity contribution in [3.8, 4) is 58.5 Å². The first-order valence-electron chi connectivity index (χ1n) is 15.9. The van der Waals surface area contributed by atoms with Gasteiger partial charge in [-0.25, -0.2) is 0 Å². The Bertz CT molecular complexity index is 2110. The lowest BCUT2D eigenvalue weighted by Gasteiger charge is -2.17. The molecular weight excluding hydrogens is 592 g/mol. The van der Waals surface area contributed by atoms with Crippen LogP contribution in [0.3, 0.4) is 0 Å². The molecule has 236 valence electrons. The molecule has 48 heavy (non-hydrogen) atoms. The normalized spacial score (nSPS) is 11.3. The summed E-state index contributed by atoms with van der Waals surface area (Å²) in [6, 6.07) is 32.3. The number of hydrogen-bond acceptors (Lipinski definition) is 4. The van der Waals surface area contributed by atoms with Crippen LogP contribution in [-0.2, 0) is 25.7 Å². The topological polar surface area (TPSA) is 36.9 Å². The fraction of sp³-hybridized carbons (Fsp3) is 0.182. The van der Waals surface area contributed by atoms with Crippen LogP contribution in [0.15, 0.2) is 97.1 Å². The van der Waals surface area contributed by atoms with Crippen molar-refractivity contribution in [3.63, 3.8) is 0 Å². The van der Waals surface area contributed by atoms with Crippen molar-refractivity contribution >= 4 is 0 Å². The Morgan fingerprint density at radius 1 is 0.354 bits per heavy atom. The van der Waals surface area contributed by atoms with E-state index in [1.165, 1.54) is 0 Å². The van der Waals surface area contributed by atoms with E-state index in [0.717, 1.165) is 104 Å². The smallest absolute Gasteiger partial charge is 0.122 e. The molecule has 0 saturated heterocycles. The first-order chi connectivity index (χ1) is 23.5. The Morgan fingerprint density at radius 3 is 1.00 bits per heavy atom. The third kappa shape index (κ3) is 7.67. The van der Waals surface area contributed by atoms with Crippen LogP contribution < -0.4 is 18.9 Å². The molecule has 0 fully saturated rings. The van der Waals surface area contributed by atoms with Crippen molar-refractivity contribution in [3.05, 3.63) is 153 Å². The van der Waals surface area contributed by atoms with Gasteiger partial charge < -0.3 is 18.9 Å². The SMILES string of the molecule is COc1ccc(C#Cc2cc3c(C#Cc4ccc(OC)cc4)cc2CCc2cc(OC)c(cc2C#Cc2ccc(OC)cc2)CC3)cc1. The minimum Gasteiger partial charge on any atom is -0.497 e. The molecule has 4 aliphatic carbocycles. The van der Waals surface area contributed by atoms with Gasteiger partial charge in [-0.15, -0.1) is 0 Å². The van der Waals surface area contributed by atoms with Crippen molar-refractivity contribution in [2.24, 2.45) is 0 Å². The van der Waals surface area contributed by atoms with Gasteiger partial charge in [-0.05, 0) is 145 Å². The molecule has 0 spiro atoms. The minimum absolute atomic E-state index is 0.766. The molecule has 5 aromatic rings. The van der Waals surface area contributed by atoms with Gasteiger partial charge in [0.1, 0.15) is 23.0 Å². The van der Waals surface area contributed by atoms with E-state index in [0.29, 0.717) is 0 Å². The molecular formula is C44H36O4. The zero-order valence-electron chi connectivity index (χ0n) is 27.7. The van der Waals surface area contributed by atoms with Gasteiger partial charge in [0, 0.05) is 33.4 Å². The van der Waals surface area contributed by atoms with E-state index in [2.05, 4.69) is 59.8 Å². The lowest BCUT2D eigenvalue weighted by molar-refractivity contribution is 0.409. The van der Waals surface area contributed by atoms with Gasteiger partial charge in [0.15, 0.2) is 0 Å². The third-order valence-corrected chi connectivity index (χ3v) is 8.46. The van der Waals surface area contributed by atoms with E-state index in [4.69, 9.17) is 18.9 Å². The molecule has 0 aromatic heterocycles. The molecule has 4 aliphatic rings. The van der Waals surface area contributed by atoms with Crippen LogP contribution in [0.2, 0.25) is 0 Å². The van der Waals surface area contributed by atoms with Gasteiger partial charge in [0.25, 0.3) is 0 Å². The Labute approximate surface area is 283 Å². The monoisotopic (exact) mass is 628 g/mol. The van der Waals surface area contributed by atoms with Crippen LogP contribution in [0.4, 0.5) is 0 Å². The zero-order chi connectivity index (χ0) is 33.3. The zero-order valence-corrected chi connectivity index (χ0v) is 27.7. The van der Waals surface area contributed by atoms with Gasteiger partial charge in [0.2, 0.25) is 0 Å². The average molecular weight is 629 g/mol. The van der Waals surface area contributed by atoms with Gasteiger partial charge in [-0.3, -0.25) is 0 Å². The van der Waals surface area contributed by atoms with Crippen molar-refractivity contribution < 1.29 is 18.9 Å². The molecule has 0 amide bonds. The standard InChI is InChI=1S/C44H36O4/c1-45-41-21-8-31(9-22-41)5-14-34-28-38-19-20-40-29-36(16-7-33-12-25-43(47-3)26-13-33)39(30-44(40)48-4)18-17-37(34)27-35(38)15-6-32-10-23-42(46-2)24-11-32/h8-13,21-30H,17-20H2,1-4H3. The van der Waals surface area contributed by atoms with Crippen LogP contribution in [0, 0.1) is 35.5 Å². The second kappa shape index (κ2) is 15.0. The van der Waals surface area contributed by atoms with E-state index < -0.39 is 0 Å². The van der Waals surface area contributed by atoms with Crippen LogP contribution >= 0.6 is 0 Å². The molecule has 0 heterocycles. The highest BCUT2D eigenvalue weighted by Gasteiger charge is 2.16. The predicted octanol–water partition coefficient (Wildman–Crippen LogP) is 7.80. The molecule has 0 unspecified atom stereocenters. The van der Waals surface area contributed by atoms with Gasteiger partial charge in [-0.2, -0.15) is 0 Å². The number of rotatable bonds is 4. The Hall–Kier alpha value is -6.02. The largest absolute Gasteiger partial charge is 0.497 e. The average Bonchev–Trinajstić information content (AvgIpc) is 3.14. The first kappa shape index (κ1) is 31.9. The summed E-state index contributed by atoms with van der Waals surface area (Å²) in [5.74, 6) is 23.9. The highest BCUT2D eigenvalue weighted by molar-refractivity contribution is 5.58. The molecule has 9 rings (SSSR count). The van der Waals surface area contributed by atoms with E-state index in [9.17, 15) is 0 Å². The van der Waals surface area contributed by atoms with E-state index in [-0.39, 0.29) is 0 Å². The molecule has 0 atom stereocenters. The van der Waals surface area contributed by atoms with Crippen LogP contribution in [0.1, 0.15) is 55.6 Å². The summed E-state index contributed by atoms with van der Waals surface area (Å²) in [4.78, 5) is 0. The first-order valence-corrected chi connectivity index (χ1v) is 15.9. The van der Waals surface area contributed by atoms with Crippen LogP contribution in [0.25, 0.3) is 0 Å². The molecule has 0 N–H and O–H groups in total. The maximum Gasteiger partial charge on any atom is 0.122 e. The molecule has 4 bridgehead atoms. The highest BCUT2D eigenvalue weighted by atomic mass is 16.5. The van der Waals surface area contributed by atoms with Gasteiger partial charge >= 0.3 is 0 Å². The number of methoxy groups -OCH3 is 4. The molecule has 5 aromatic carbocycles. The number of ether oxygens (including phenoxy) is 4. The van der Waals surface area contributed by atoms with Gasteiger partial charge in [-0.1, -0.05) is 35.5 Å². The summed E-state index contributed by atoms with van der Waals surface area (Å²) >= 11 is 0. The second-order valence-electron chi connectivity index (χ2n) is 11.4. The second-order valence-corrected chi connectivity index (χ2v) is 11.4. The minimum atomic E-state index is 0.766. The summed E-state index contributed by atoms with van der Waals surface area (Å²) in [5.41, 5.74) is 10.4.